The van der Waals surface area contributed by atoms with E-state index in [1.807, 2.05) is 0 Å². The van der Waals surface area contributed by atoms with Gasteiger partial charge in [-0.15, -0.1) is 0 Å². The fraction of sp³-hybridized carbons (Fsp3) is 0.192. The van der Waals surface area contributed by atoms with Gasteiger partial charge in [-0.05, 0) is 42.0 Å². The maximum atomic E-state index is 13.5. The molecule has 10 nitrogen and oxygen atoms in total. The number of carbonyl (C=O) groups is 5. The fourth-order valence-corrected chi connectivity index (χ4v) is 4.75. The monoisotopic (exact) mass is 601 g/mol. The molecule has 1 fully saturated rings. The highest BCUT2D eigenvalue weighted by Crippen LogP contribution is 2.42. The van der Waals surface area contributed by atoms with Gasteiger partial charge in [0.1, 0.15) is 11.6 Å². The number of halogens is 2. The molecule has 4 rings (SSSR count). The van der Waals surface area contributed by atoms with Crippen LogP contribution in [0, 0.1) is 0 Å². The number of carbonyl (C=O) groups excluding carboxylic acids is 5. The van der Waals surface area contributed by atoms with Gasteiger partial charge in [0.05, 0.1) is 25.5 Å². The first-order valence-electron chi connectivity index (χ1n) is 11.1. The van der Waals surface area contributed by atoms with Crippen LogP contribution in [0.2, 0.25) is 5.02 Å². The van der Waals surface area contributed by atoms with E-state index in [1.54, 1.807) is 48.5 Å². The van der Waals surface area contributed by atoms with Gasteiger partial charge in [0.25, 0.3) is 0 Å². The molecule has 4 amide bonds. The fourth-order valence-electron chi connectivity index (χ4n) is 4.36. The second-order valence-corrected chi connectivity index (χ2v) is 9.65. The third-order valence-corrected chi connectivity index (χ3v) is 6.98. The molecule has 0 atom stereocenters. The van der Waals surface area contributed by atoms with Gasteiger partial charge in [0.15, 0.2) is 0 Å². The second-order valence-electron chi connectivity index (χ2n) is 8.30. The minimum atomic E-state index is -1.65. The van der Waals surface area contributed by atoms with Crippen LogP contribution in [0.4, 0.5) is 4.79 Å². The van der Waals surface area contributed by atoms with Crippen LogP contribution in [0.5, 0.6) is 0 Å². The molecule has 1 aliphatic rings. The summed E-state index contributed by atoms with van der Waals surface area (Å²) in [6.07, 6.45) is 0. The summed E-state index contributed by atoms with van der Waals surface area (Å²) in [6.45, 7) is 0. The van der Waals surface area contributed by atoms with E-state index in [0.717, 1.165) is 28.5 Å². The molecule has 0 N–H and O–H groups in total. The van der Waals surface area contributed by atoms with Crippen LogP contribution in [0.25, 0.3) is 16.9 Å². The Kier molecular flexibility index (Phi) is 7.43. The standard InChI is InChI=1S/C26H21BrClN3O7/c1-29-22(32)19(23(33)30(2)26(29)36)17-18(24(34)37-3)21(25(35)38-4)31(16-11-9-15(28)10-12-16)20(17)13-5-7-14(27)8-6-13/h5-12,19H,1-4H3. The van der Waals surface area contributed by atoms with E-state index in [1.165, 1.54) is 18.7 Å². The highest BCUT2D eigenvalue weighted by atomic mass is 79.9. The van der Waals surface area contributed by atoms with Crippen molar-refractivity contribution in [2.45, 2.75) is 5.92 Å². The van der Waals surface area contributed by atoms with E-state index >= 15 is 0 Å². The van der Waals surface area contributed by atoms with Crippen molar-refractivity contribution in [3.05, 3.63) is 74.8 Å². The van der Waals surface area contributed by atoms with E-state index < -0.39 is 35.7 Å². The van der Waals surface area contributed by atoms with Crippen LogP contribution in [-0.2, 0) is 19.1 Å². The van der Waals surface area contributed by atoms with Crippen LogP contribution in [0.1, 0.15) is 32.3 Å². The molecule has 12 heteroatoms. The predicted molar refractivity (Wildman–Crippen MR) is 140 cm³/mol. The molecule has 196 valence electrons. The van der Waals surface area contributed by atoms with Crippen molar-refractivity contribution in [3.8, 4) is 16.9 Å². The molecule has 0 radical (unpaired) electrons. The first-order valence-corrected chi connectivity index (χ1v) is 12.3. The maximum Gasteiger partial charge on any atom is 0.355 e. The molecule has 2 aromatic carbocycles. The lowest BCUT2D eigenvalue weighted by Crippen LogP contribution is -2.56. The van der Waals surface area contributed by atoms with Crippen molar-refractivity contribution in [2.24, 2.45) is 0 Å². The van der Waals surface area contributed by atoms with Gasteiger partial charge < -0.3 is 14.0 Å². The summed E-state index contributed by atoms with van der Waals surface area (Å²) < 4.78 is 12.2. The Hall–Kier alpha value is -3.96. The number of amides is 4. The van der Waals surface area contributed by atoms with Crippen molar-refractivity contribution >= 4 is 57.3 Å². The summed E-state index contributed by atoms with van der Waals surface area (Å²) >= 11 is 9.49. The average Bonchev–Trinajstić information content (AvgIpc) is 3.26. The lowest BCUT2D eigenvalue weighted by molar-refractivity contribution is -0.143. The molecule has 38 heavy (non-hydrogen) atoms. The molecular weight excluding hydrogens is 582 g/mol. The van der Waals surface area contributed by atoms with Crippen molar-refractivity contribution in [1.29, 1.82) is 0 Å². The van der Waals surface area contributed by atoms with Crippen molar-refractivity contribution in [2.75, 3.05) is 28.3 Å². The SMILES string of the molecule is COC(=O)c1c(C2C(=O)N(C)C(=O)N(C)C2=O)c(-c2ccc(Br)cc2)n(-c2ccc(Cl)cc2)c1C(=O)OC. The van der Waals surface area contributed by atoms with E-state index in [4.69, 9.17) is 21.1 Å². The molecule has 1 saturated heterocycles. The molecule has 2 heterocycles. The number of esters is 2. The molecule has 1 aliphatic heterocycles. The third-order valence-electron chi connectivity index (χ3n) is 6.20. The number of benzene rings is 2. The van der Waals surface area contributed by atoms with Gasteiger partial charge in [-0.25, -0.2) is 14.4 Å². The zero-order valence-electron chi connectivity index (χ0n) is 20.7. The molecule has 0 unspecified atom stereocenters. The molecule has 0 bridgehead atoms. The minimum Gasteiger partial charge on any atom is -0.465 e. The lowest BCUT2D eigenvalue weighted by Gasteiger charge is -2.33. The van der Waals surface area contributed by atoms with Crippen molar-refractivity contribution in [1.82, 2.24) is 14.4 Å². The number of imide groups is 2. The number of urea groups is 1. The largest absolute Gasteiger partial charge is 0.465 e. The second kappa shape index (κ2) is 10.4. The van der Waals surface area contributed by atoms with E-state index in [9.17, 15) is 24.0 Å². The molecule has 0 aliphatic carbocycles. The number of aromatic nitrogens is 1. The minimum absolute atomic E-state index is 0.101. The average molecular weight is 603 g/mol. The number of hydrogen-bond acceptors (Lipinski definition) is 7. The van der Waals surface area contributed by atoms with Gasteiger partial charge in [-0.1, -0.05) is 39.7 Å². The van der Waals surface area contributed by atoms with Crippen molar-refractivity contribution < 1.29 is 33.4 Å². The van der Waals surface area contributed by atoms with Crippen LogP contribution >= 0.6 is 27.5 Å². The predicted octanol–water partition coefficient (Wildman–Crippen LogP) is 4.27. The number of barbiturate groups is 1. The Balaban J connectivity index is 2.24. The zero-order valence-corrected chi connectivity index (χ0v) is 23.0. The number of ether oxygens (including phenoxy) is 2. The van der Waals surface area contributed by atoms with Gasteiger partial charge in [0.2, 0.25) is 11.8 Å². The molecular formula is C26H21BrClN3O7. The maximum absolute atomic E-state index is 13.5. The van der Waals surface area contributed by atoms with Crippen LogP contribution < -0.4 is 0 Å². The highest BCUT2D eigenvalue weighted by molar-refractivity contribution is 9.10. The van der Waals surface area contributed by atoms with E-state index in [-0.39, 0.29) is 22.5 Å². The number of methoxy groups -OCH3 is 2. The number of rotatable bonds is 5. The lowest BCUT2D eigenvalue weighted by atomic mass is 9.88. The number of nitrogens with zero attached hydrogens (tertiary/aromatic N) is 3. The van der Waals surface area contributed by atoms with E-state index in [2.05, 4.69) is 15.9 Å². The first-order chi connectivity index (χ1) is 18.0. The number of hydrogen-bond donors (Lipinski definition) is 0. The van der Waals surface area contributed by atoms with Gasteiger partial charge in [-0.2, -0.15) is 0 Å². The summed E-state index contributed by atoms with van der Waals surface area (Å²) in [5.74, 6) is -5.28. The molecule has 0 spiro atoms. The summed E-state index contributed by atoms with van der Waals surface area (Å²) in [6, 6.07) is 12.4. The Morgan fingerprint density at radius 1 is 0.842 bits per heavy atom. The molecule has 1 aromatic heterocycles. The first kappa shape index (κ1) is 27.1. The zero-order chi connectivity index (χ0) is 27.9. The van der Waals surface area contributed by atoms with Crippen LogP contribution in [0.3, 0.4) is 0 Å². The summed E-state index contributed by atoms with van der Waals surface area (Å²) in [5, 5.41) is 0.415. The molecule has 3 aromatic rings. The van der Waals surface area contributed by atoms with Crippen LogP contribution in [-0.4, -0.2) is 72.5 Å². The number of likely N-dealkylation sites (N-methyl/N-ethyl adjacent to an activating group) is 2. The third kappa shape index (κ3) is 4.37. The van der Waals surface area contributed by atoms with Crippen LogP contribution in [0.15, 0.2) is 53.0 Å². The summed E-state index contributed by atoms with van der Waals surface area (Å²) in [7, 11) is 4.71. The topological polar surface area (TPSA) is 115 Å². The Labute approximate surface area is 230 Å². The normalized spacial score (nSPS) is 14.2. The summed E-state index contributed by atoms with van der Waals surface area (Å²) in [4.78, 5) is 67.6. The van der Waals surface area contributed by atoms with Gasteiger partial charge in [0, 0.05) is 34.8 Å². The Morgan fingerprint density at radius 3 is 1.87 bits per heavy atom. The van der Waals surface area contributed by atoms with Gasteiger partial charge in [-0.3, -0.25) is 19.4 Å². The van der Waals surface area contributed by atoms with E-state index in [0.29, 0.717) is 16.3 Å². The Bertz CT molecular complexity index is 1460. The highest BCUT2D eigenvalue weighted by Gasteiger charge is 2.49. The quantitative estimate of drug-likeness (QED) is 0.316. The summed E-state index contributed by atoms with van der Waals surface area (Å²) in [5.41, 5.74) is 0.325. The Morgan fingerprint density at radius 2 is 1.37 bits per heavy atom. The molecule has 0 saturated carbocycles. The van der Waals surface area contributed by atoms with Gasteiger partial charge >= 0.3 is 18.0 Å². The smallest absolute Gasteiger partial charge is 0.355 e. The van der Waals surface area contributed by atoms with Crippen molar-refractivity contribution in [3.63, 3.8) is 0 Å².